The van der Waals surface area contributed by atoms with Crippen LogP contribution in [0.1, 0.15) is 96.4 Å². The third kappa shape index (κ3) is 19.9. The highest BCUT2D eigenvalue weighted by molar-refractivity contribution is 5.88. The number of aromatic nitrogens is 1. The van der Waals surface area contributed by atoms with Crippen LogP contribution in [0.5, 0.6) is 0 Å². The number of hydrogen-bond donors (Lipinski definition) is 8. The highest BCUT2D eigenvalue weighted by Gasteiger charge is 2.39. The van der Waals surface area contributed by atoms with Crippen LogP contribution >= 0.6 is 0 Å². The second kappa shape index (κ2) is 27.5. The first-order valence-corrected chi connectivity index (χ1v) is 21.7. The average Bonchev–Trinajstić information content (AvgIpc) is 3.66. The van der Waals surface area contributed by atoms with E-state index in [4.69, 9.17) is 26.5 Å². The predicted molar refractivity (Wildman–Crippen MR) is 239 cm³/mol. The molecule has 4 atom stereocenters. The molecule has 0 radical (unpaired) electrons. The van der Waals surface area contributed by atoms with Crippen molar-refractivity contribution in [2.45, 2.75) is 116 Å². The van der Waals surface area contributed by atoms with E-state index in [1.165, 1.54) is 11.8 Å². The summed E-state index contributed by atoms with van der Waals surface area (Å²) in [6.45, 7) is 6.93. The fourth-order valence-corrected chi connectivity index (χ4v) is 7.05. The number of nitrogens with one attached hydrogen (secondary N) is 3. The highest BCUT2D eigenvalue weighted by Crippen LogP contribution is 2.41. The van der Waals surface area contributed by atoms with E-state index in [1.807, 2.05) is 55.7 Å². The van der Waals surface area contributed by atoms with Gasteiger partial charge in [0.05, 0.1) is 18.1 Å². The van der Waals surface area contributed by atoms with Gasteiger partial charge in [-0.05, 0) is 73.8 Å². The maximum Gasteiger partial charge on any atom is 0.490 e. The summed E-state index contributed by atoms with van der Waals surface area (Å²) >= 11 is 0. The molecule has 2 aromatic carbocycles. The largest absolute Gasteiger partial charge is 0.490 e. The summed E-state index contributed by atoms with van der Waals surface area (Å²) in [7, 11) is 0. The number of unbranched alkanes of at least 4 members (excludes halogenated alkanes) is 1. The van der Waals surface area contributed by atoms with Gasteiger partial charge in [-0.15, -0.1) is 0 Å². The number of carboxylic acid groups (broad SMARTS) is 2. The van der Waals surface area contributed by atoms with Gasteiger partial charge in [-0.1, -0.05) is 51.1 Å². The second-order valence-electron chi connectivity index (χ2n) is 17.0. The number of aliphatic carboxylic acids is 2. The fourth-order valence-electron chi connectivity index (χ4n) is 7.05. The number of alkyl halides is 3. The number of carbonyl (C=O) groups excluding carboxylic acids is 5. The molecular weight excluding hydrogens is 906 g/mol. The van der Waals surface area contributed by atoms with Gasteiger partial charge in [-0.25, -0.2) is 13.6 Å². The van der Waals surface area contributed by atoms with Gasteiger partial charge >= 0.3 is 18.1 Å². The molecule has 1 aromatic heterocycles. The summed E-state index contributed by atoms with van der Waals surface area (Å²) in [4.78, 5) is 84.6. The number of carboxylic acids is 2. The maximum absolute atomic E-state index is 15.1. The molecule has 0 aliphatic carbocycles. The van der Waals surface area contributed by atoms with Crippen LogP contribution in [0.2, 0.25) is 0 Å². The normalized spacial score (nSPS) is 13.2. The Bertz CT molecular complexity index is 2170. The number of halogens is 5. The number of nitrogens with two attached hydrogens (primary N) is 2. The Morgan fingerprint density at radius 2 is 1.44 bits per heavy atom. The van der Waals surface area contributed by atoms with Gasteiger partial charge < -0.3 is 52.2 Å². The lowest BCUT2D eigenvalue weighted by atomic mass is 9.82. The number of amides is 4. The zero-order valence-corrected chi connectivity index (χ0v) is 38.4. The van der Waals surface area contributed by atoms with Crippen LogP contribution in [0.25, 0.3) is 11.1 Å². The minimum absolute atomic E-state index is 0.00716. The van der Waals surface area contributed by atoms with Crippen molar-refractivity contribution in [1.82, 2.24) is 25.4 Å². The van der Waals surface area contributed by atoms with E-state index >= 15 is 4.39 Å². The zero-order chi connectivity index (χ0) is 51.4. The van der Waals surface area contributed by atoms with Crippen molar-refractivity contribution in [3.8, 4) is 11.1 Å². The number of hydrogen-bond acceptors (Lipinski definition) is 10. The first kappa shape index (κ1) is 57.9. The smallest absolute Gasteiger partial charge is 0.480 e. The molecule has 0 saturated carbocycles. The summed E-state index contributed by atoms with van der Waals surface area (Å²) in [6.07, 6.45) is -1.73. The summed E-state index contributed by atoms with van der Waals surface area (Å²) in [6, 6.07) is 10.7. The topological polar surface area (TPSA) is 276 Å². The van der Waals surface area contributed by atoms with Gasteiger partial charge in [0.15, 0.2) is 5.78 Å². The number of rotatable bonds is 25. The maximum atomic E-state index is 15.1. The first-order chi connectivity index (χ1) is 31.8. The SMILES string of the molecule is CC(=O)N[C@@H](CCCCNC(=O)CC[C@H](N)C(=O)O)C(=O)CCCNC(=O)[C@@H](N)CCN(C(=O)CO)[C@@H](c1cc(-c2cc(F)ccc2F)cn1Cc1ccccc1)C(C)(C)C.O=C(O)C(F)(F)F. The zero-order valence-electron chi connectivity index (χ0n) is 38.4. The molecule has 0 saturated heterocycles. The molecule has 3 rings (SSSR count). The van der Waals surface area contributed by atoms with Crippen molar-refractivity contribution in [2.75, 3.05) is 26.2 Å². The molecule has 22 heteroatoms. The molecule has 3 aromatic rings. The van der Waals surface area contributed by atoms with E-state index < -0.39 is 77.8 Å². The Morgan fingerprint density at radius 3 is 2.01 bits per heavy atom. The van der Waals surface area contributed by atoms with Crippen LogP contribution in [0.15, 0.2) is 60.8 Å². The van der Waals surface area contributed by atoms with Crippen LogP contribution in [0.3, 0.4) is 0 Å². The van der Waals surface area contributed by atoms with E-state index in [0.29, 0.717) is 43.6 Å². The number of aliphatic hydroxyl groups is 1. The number of aliphatic hydroxyl groups excluding tert-OH is 1. The van der Waals surface area contributed by atoms with Gasteiger partial charge in [0.25, 0.3) is 0 Å². The first-order valence-electron chi connectivity index (χ1n) is 21.7. The van der Waals surface area contributed by atoms with Crippen molar-refractivity contribution in [1.29, 1.82) is 0 Å². The standard InChI is InChI=1S/C44H61F2N7O8.C2HF3O2/c1-28(55)51-36(13-8-9-20-49-39(57)18-17-35(48)43(60)61)38(56)14-10-21-50-42(59)34(47)19-22-53(40(58)27-54)41(44(2,3)4)37-23-30(32-24-31(45)15-16-33(32)46)26-52(37)25-29-11-6-5-7-12-29;3-2(4,5)1(6)7/h5-7,11-12,15-16,23-24,26,34-36,41,54H,8-10,13-14,17-22,25,27,47-48H2,1-4H3,(H,49,57)(H,50,59)(H,51,55)(H,60,61);(H,6,7)/t34-,35-,36-,41-;/m0./s1. The summed E-state index contributed by atoms with van der Waals surface area (Å²) in [5.41, 5.74) is 13.0. The van der Waals surface area contributed by atoms with Crippen molar-refractivity contribution < 1.29 is 70.8 Å². The average molecular weight is 968 g/mol. The summed E-state index contributed by atoms with van der Waals surface area (Å²) in [5, 5.41) is 34.2. The number of nitrogens with zero attached hydrogens (tertiary/aromatic N) is 2. The van der Waals surface area contributed by atoms with Gasteiger partial charge in [0.2, 0.25) is 23.6 Å². The molecule has 0 aliphatic heterocycles. The lowest BCUT2D eigenvalue weighted by Crippen LogP contribution is -2.47. The molecule has 0 unspecified atom stereocenters. The minimum atomic E-state index is -5.08. The van der Waals surface area contributed by atoms with Crippen molar-refractivity contribution in [3.05, 3.63) is 83.7 Å². The van der Waals surface area contributed by atoms with Gasteiger partial charge in [0, 0.05) is 69.0 Å². The second-order valence-corrected chi connectivity index (χ2v) is 17.0. The van der Waals surface area contributed by atoms with Crippen LogP contribution in [-0.2, 0) is 40.1 Å². The Morgan fingerprint density at radius 1 is 0.809 bits per heavy atom. The number of benzene rings is 2. The van der Waals surface area contributed by atoms with Crippen molar-refractivity contribution in [3.63, 3.8) is 0 Å². The van der Waals surface area contributed by atoms with Crippen molar-refractivity contribution in [2.24, 2.45) is 16.9 Å². The molecule has 0 fully saturated rings. The Labute approximate surface area is 390 Å². The van der Waals surface area contributed by atoms with Crippen LogP contribution in [0, 0.1) is 17.0 Å². The van der Waals surface area contributed by atoms with Crippen LogP contribution in [-0.4, -0.2) is 117 Å². The van der Waals surface area contributed by atoms with Gasteiger partial charge in [-0.2, -0.15) is 13.2 Å². The molecule has 1 heterocycles. The van der Waals surface area contributed by atoms with E-state index in [2.05, 4.69) is 16.0 Å². The third-order valence-corrected chi connectivity index (χ3v) is 10.4. The predicted octanol–water partition coefficient (Wildman–Crippen LogP) is 4.19. The molecule has 4 amide bonds. The molecule has 0 aliphatic rings. The van der Waals surface area contributed by atoms with E-state index in [0.717, 1.165) is 23.8 Å². The molecular formula is C46H62F5N7O10. The summed E-state index contributed by atoms with van der Waals surface area (Å²) in [5.74, 6) is -7.25. The van der Waals surface area contributed by atoms with E-state index in [-0.39, 0.29) is 68.4 Å². The monoisotopic (exact) mass is 967 g/mol. The summed E-state index contributed by atoms with van der Waals surface area (Å²) < 4.78 is 63.0. The van der Waals surface area contributed by atoms with E-state index in [1.54, 1.807) is 12.3 Å². The lowest BCUT2D eigenvalue weighted by Gasteiger charge is -2.41. The highest BCUT2D eigenvalue weighted by atomic mass is 19.4. The Balaban J connectivity index is 0.00000209. The van der Waals surface area contributed by atoms with Gasteiger partial charge in [0.1, 0.15) is 24.3 Å². The quantitative estimate of drug-likeness (QED) is 0.0439. The minimum Gasteiger partial charge on any atom is -0.480 e. The number of ketones is 1. The Kier molecular flexibility index (Phi) is 23.4. The molecule has 0 spiro atoms. The van der Waals surface area contributed by atoms with E-state index in [9.17, 15) is 51.4 Å². The molecule has 376 valence electrons. The fraction of sp³-hybridized carbons (Fsp3) is 0.500. The van der Waals surface area contributed by atoms with Crippen molar-refractivity contribution >= 4 is 41.4 Å². The van der Waals surface area contributed by atoms with Gasteiger partial charge in [-0.3, -0.25) is 28.8 Å². The lowest BCUT2D eigenvalue weighted by molar-refractivity contribution is -0.192. The molecule has 17 nitrogen and oxygen atoms in total. The third-order valence-electron chi connectivity index (χ3n) is 10.4. The molecule has 0 bridgehead atoms. The molecule has 10 N–H and O–H groups in total. The van der Waals surface area contributed by atoms with Crippen LogP contribution < -0.4 is 27.4 Å². The molecule has 68 heavy (non-hydrogen) atoms. The van der Waals surface area contributed by atoms with Crippen LogP contribution in [0.4, 0.5) is 22.0 Å². The number of carbonyl (C=O) groups is 7. The number of Topliss-reactive ketones (excluding diaryl/α,β-unsaturated/α-hetero) is 1. The Hall–Kier alpha value is -6.26.